The Kier molecular flexibility index (Phi) is 3.91. The van der Waals surface area contributed by atoms with Crippen molar-refractivity contribution < 1.29 is 9.59 Å². The molecule has 0 spiro atoms. The van der Waals surface area contributed by atoms with Gasteiger partial charge in [-0.05, 0) is 19.3 Å². The lowest BCUT2D eigenvalue weighted by Gasteiger charge is -2.34. The molecule has 0 bridgehead atoms. The number of hydrogen-bond acceptors (Lipinski definition) is 3. The Bertz CT molecular complexity index is 291. The maximum absolute atomic E-state index is 11.9. The van der Waals surface area contributed by atoms with Gasteiger partial charge in [-0.25, -0.2) is 0 Å². The average Bonchev–Trinajstić information content (AvgIpc) is 2.64. The highest BCUT2D eigenvalue weighted by atomic mass is 16.2. The summed E-state index contributed by atoms with van der Waals surface area (Å²) in [6.45, 7) is 6.34. The summed E-state index contributed by atoms with van der Waals surface area (Å²) in [5.74, 6) is 0.0604. The summed E-state index contributed by atoms with van der Waals surface area (Å²) >= 11 is 0. The number of hydrogen-bond donors (Lipinski definition) is 3. The molecule has 0 radical (unpaired) electrons. The first-order chi connectivity index (χ1) is 7.39. The van der Waals surface area contributed by atoms with Gasteiger partial charge in [0.15, 0.2) is 0 Å². The van der Waals surface area contributed by atoms with Crippen molar-refractivity contribution in [2.75, 3.05) is 6.54 Å². The van der Waals surface area contributed by atoms with Gasteiger partial charge in [0, 0.05) is 13.0 Å². The van der Waals surface area contributed by atoms with E-state index in [4.69, 9.17) is 5.73 Å². The molecule has 1 aliphatic rings. The standard InChI is InChI=1S/C11H21N3O2/c1-7(2)11(3,6-12)14-10(16)8-4-5-9(15)13-8/h7-8H,4-6,12H2,1-3H3,(H,13,15)(H,14,16). The van der Waals surface area contributed by atoms with Crippen LogP contribution in [0.3, 0.4) is 0 Å². The first-order valence-electron chi connectivity index (χ1n) is 5.70. The molecule has 1 aliphatic heterocycles. The second-order valence-corrected chi connectivity index (χ2v) is 4.92. The Morgan fingerprint density at radius 1 is 1.69 bits per heavy atom. The lowest BCUT2D eigenvalue weighted by atomic mass is 9.88. The molecule has 0 aromatic heterocycles. The summed E-state index contributed by atoms with van der Waals surface area (Å²) < 4.78 is 0. The molecule has 1 fully saturated rings. The van der Waals surface area contributed by atoms with Crippen LogP contribution >= 0.6 is 0 Å². The van der Waals surface area contributed by atoms with E-state index in [1.807, 2.05) is 20.8 Å². The average molecular weight is 227 g/mol. The van der Waals surface area contributed by atoms with Crippen LogP contribution in [-0.2, 0) is 9.59 Å². The van der Waals surface area contributed by atoms with Crippen LogP contribution in [0.2, 0.25) is 0 Å². The molecule has 0 aromatic rings. The fourth-order valence-electron chi connectivity index (χ4n) is 1.61. The molecule has 16 heavy (non-hydrogen) atoms. The monoisotopic (exact) mass is 227 g/mol. The predicted octanol–water partition coefficient (Wildman–Crippen LogP) is -0.245. The Morgan fingerprint density at radius 2 is 2.31 bits per heavy atom. The zero-order valence-electron chi connectivity index (χ0n) is 10.2. The Labute approximate surface area is 96.1 Å². The molecule has 2 amide bonds. The maximum atomic E-state index is 11.9. The van der Waals surface area contributed by atoms with E-state index in [2.05, 4.69) is 10.6 Å². The summed E-state index contributed by atoms with van der Waals surface area (Å²) in [6.07, 6.45) is 1.00. The number of carbonyl (C=O) groups excluding carboxylic acids is 2. The second-order valence-electron chi connectivity index (χ2n) is 4.92. The SMILES string of the molecule is CC(C)C(C)(CN)NC(=O)C1CCC(=O)N1. The molecule has 5 heteroatoms. The topological polar surface area (TPSA) is 84.2 Å². The first kappa shape index (κ1) is 13.0. The van der Waals surface area contributed by atoms with Gasteiger partial charge >= 0.3 is 0 Å². The quantitative estimate of drug-likeness (QED) is 0.619. The largest absolute Gasteiger partial charge is 0.348 e. The van der Waals surface area contributed by atoms with Crippen LogP contribution in [0.4, 0.5) is 0 Å². The first-order valence-corrected chi connectivity index (χ1v) is 5.70. The zero-order valence-corrected chi connectivity index (χ0v) is 10.2. The minimum Gasteiger partial charge on any atom is -0.348 e. The third-order valence-electron chi connectivity index (χ3n) is 3.42. The molecular formula is C11H21N3O2. The molecule has 2 atom stereocenters. The number of rotatable bonds is 4. The molecule has 0 aliphatic carbocycles. The van der Waals surface area contributed by atoms with E-state index in [9.17, 15) is 9.59 Å². The molecular weight excluding hydrogens is 206 g/mol. The van der Waals surface area contributed by atoms with E-state index in [1.54, 1.807) is 0 Å². The van der Waals surface area contributed by atoms with Gasteiger partial charge in [0.2, 0.25) is 11.8 Å². The van der Waals surface area contributed by atoms with Gasteiger partial charge in [-0.1, -0.05) is 13.8 Å². The number of carbonyl (C=O) groups is 2. The van der Waals surface area contributed by atoms with Gasteiger partial charge in [0.25, 0.3) is 0 Å². The minimum atomic E-state index is -0.412. The van der Waals surface area contributed by atoms with E-state index in [-0.39, 0.29) is 17.7 Å². The molecule has 1 saturated heterocycles. The fraction of sp³-hybridized carbons (Fsp3) is 0.818. The summed E-state index contributed by atoms with van der Waals surface area (Å²) in [5.41, 5.74) is 5.27. The van der Waals surface area contributed by atoms with Crippen LogP contribution in [0.25, 0.3) is 0 Å². The fourth-order valence-corrected chi connectivity index (χ4v) is 1.61. The lowest BCUT2D eigenvalue weighted by Crippen LogP contribution is -2.58. The smallest absolute Gasteiger partial charge is 0.243 e. The van der Waals surface area contributed by atoms with Crippen LogP contribution in [0.15, 0.2) is 0 Å². The van der Waals surface area contributed by atoms with Crippen molar-refractivity contribution >= 4 is 11.8 Å². The predicted molar refractivity (Wildman–Crippen MR) is 61.6 cm³/mol. The zero-order chi connectivity index (χ0) is 12.3. The minimum absolute atomic E-state index is 0.0563. The molecule has 5 nitrogen and oxygen atoms in total. The van der Waals surface area contributed by atoms with E-state index in [0.717, 1.165) is 0 Å². The number of amides is 2. The Balaban J connectivity index is 2.59. The van der Waals surface area contributed by atoms with Crippen LogP contribution in [0, 0.1) is 5.92 Å². The van der Waals surface area contributed by atoms with Gasteiger partial charge in [-0.3, -0.25) is 9.59 Å². The number of nitrogens with two attached hydrogens (primary N) is 1. The summed E-state index contributed by atoms with van der Waals surface area (Å²) in [5, 5.41) is 5.57. The van der Waals surface area contributed by atoms with Crippen molar-refractivity contribution in [2.24, 2.45) is 11.7 Å². The Morgan fingerprint density at radius 3 is 2.69 bits per heavy atom. The van der Waals surface area contributed by atoms with E-state index in [0.29, 0.717) is 19.4 Å². The molecule has 2 unspecified atom stereocenters. The molecule has 92 valence electrons. The third-order valence-corrected chi connectivity index (χ3v) is 3.42. The van der Waals surface area contributed by atoms with E-state index >= 15 is 0 Å². The summed E-state index contributed by atoms with van der Waals surface area (Å²) in [4.78, 5) is 22.9. The van der Waals surface area contributed by atoms with Crippen LogP contribution in [0.1, 0.15) is 33.6 Å². The van der Waals surface area contributed by atoms with Crippen molar-refractivity contribution in [3.63, 3.8) is 0 Å². The molecule has 1 heterocycles. The van der Waals surface area contributed by atoms with E-state index < -0.39 is 11.6 Å². The summed E-state index contributed by atoms with van der Waals surface area (Å²) in [6, 6.07) is -0.392. The molecule has 0 aromatic carbocycles. The highest BCUT2D eigenvalue weighted by Crippen LogP contribution is 2.16. The van der Waals surface area contributed by atoms with Gasteiger partial charge in [-0.15, -0.1) is 0 Å². The highest BCUT2D eigenvalue weighted by molar-refractivity contribution is 5.91. The van der Waals surface area contributed by atoms with Crippen molar-refractivity contribution in [3.05, 3.63) is 0 Å². The summed E-state index contributed by atoms with van der Waals surface area (Å²) in [7, 11) is 0. The highest BCUT2D eigenvalue weighted by Gasteiger charge is 2.34. The van der Waals surface area contributed by atoms with Crippen LogP contribution < -0.4 is 16.4 Å². The normalized spacial score (nSPS) is 24.1. The van der Waals surface area contributed by atoms with Gasteiger partial charge in [-0.2, -0.15) is 0 Å². The third kappa shape index (κ3) is 2.72. The van der Waals surface area contributed by atoms with Crippen molar-refractivity contribution in [1.29, 1.82) is 0 Å². The lowest BCUT2D eigenvalue weighted by molar-refractivity contribution is -0.127. The van der Waals surface area contributed by atoms with Crippen molar-refractivity contribution in [1.82, 2.24) is 10.6 Å². The second kappa shape index (κ2) is 4.82. The number of nitrogens with one attached hydrogen (secondary N) is 2. The van der Waals surface area contributed by atoms with Crippen molar-refractivity contribution in [3.8, 4) is 0 Å². The van der Waals surface area contributed by atoms with Gasteiger partial charge in [0.05, 0.1) is 5.54 Å². The van der Waals surface area contributed by atoms with Gasteiger partial charge in [0.1, 0.15) is 6.04 Å². The molecule has 1 rings (SSSR count). The van der Waals surface area contributed by atoms with Crippen molar-refractivity contribution in [2.45, 2.75) is 45.2 Å². The Hall–Kier alpha value is -1.10. The molecule has 0 saturated carbocycles. The van der Waals surface area contributed by atoms with E-state index in [1.165, 1.54) is 0 Å². The van der Waals surface area contributed by atoms with Gasteiger partial charge < -0.3 is 16.4 Å². The van der Waals surface area contributed by atoms with Crippen LogP contribution in [-0.4, -0.2) is 29.9 Å². The van der Waals surface area contributed by atoms with Crippen LogP contribution in [0.5, 0.6) is 0 Å². The molecule has 4 N–H and O–H groups in total. The maximum Gasteiger partial charge on any atom is 0.243 e.